The fraction of sp³-hybridized carbons (Fsp3) is 0.240. The molecule has 1 atom stereocenters. The van der Waals surface area contributed by atoms with Crippen molar-refractivity contribution in [2.45, 2.75) is 4.21 Å². The van der Waals surface area contributed by atoms with Crippen LogP contribution in [0.25, 0.3) is 10.1 Å². The van der Waals surface area contributed by atoms with E-state index in [1.54, 1.807) is 18.2 Å². The molecule has 0 aliphatic carbocycles. The molecule has 14 heteroatoms. The molecule has 8 nitrogen and oxygen atoms in total. The van der Waals surface area contributed by atoms with Crippen molar-refractivity contribution in [3.05, 3.63) is 72.2 Å². The van der Waals surface area contributed by atoms with E-state index in [0.29, 0.717) is 34.7 Å². The second-order valence-corrected chi connectivity index (χ2v) is 20.2. The molecule has 0 saturated carbocycles. The molecule has 4 rings (SSSR count). The van der Waals surface area contributed by atoms with Crippen LogP contribution in [0.3, 0.4) is 0 Å². The van der Waals surface area contributed by atoms with Crippen LogP contribution in [-0.4, -0.2) is 69.9 Å². The Labute approximate surface area is 240 Å². The van der Waals surface area contributed by atoms with Gasteiger partial charge in [-0.25, -0.2) is 0 Å². The van der Waals surface area contributed by atoms with E-state index in [4.69, 9.17) is 26.3 Å². The van der Waals surface area contributed by atoms with Gasteiger partial charge in [-0.3, -0.25) is 0 Å². The van der Waals surface area contributed by atoms with E-state index in [-0.39, 0.29) is 27.6 Å². The molecule has 0 amide bonds. The molecule has 1 unspecified atom stereocenters. The van der Waals surface area contributed by atoms with Crippen LogP contribution in [0.4, 0.5) is 4.39 Å². The third-order valence-corrected chi connectivity index (χ3v) is 19.1. The van der Waals surface area contributed by atoms with Crippen molar-refractivity contribution in [2.75, 3.05) is 37.1 Å². The van der Waals surface area contributed by atoms with Gasteiger partial charge in [-0.15, -0.1) is 0 Å². The topological polar surface area (TPSA) is 117 Å². The van der Waals surface area contributed by atoms with Crippen LogP contribution in [0.1, 0.15) is 5.56 Å². The maximum atomic E-state index is 14.0. The van der Waals surface area contributed by atoms with Gasteiger partial charge >= 0.3 is 235 Å². The average Bonchev–Trinajstić information content (AvgIpc) is 3.35. The Hall–Kier alpha value is -2.40. The van der Waals surface area contributed by atoms with Crippen molar-refractivity contribution < 1.29 is 31.7 Å². The third-order valence-electron chi connectivity index (χ3n) is 5.48. The van der Waals surface area contributed by atoms with Crippen LogP contribution in [-0.2, 0) is 12.7 Å². The maximum absolute atomic E-state index is 14.0. The summed E-state index contributed by atoms with van der Waals surface area (Å²) >= 11 is 5.16. The van der Waals surface area contributed by atoms with Crippen molar-refractivity contribution >= 4 is 68.4 Å². The number of nitrogens with zero attached hydrogens (tertiary/aromatic N) is 2. The molecule has 1 aromatic heterocycles. The Kier molecular flexibility index (Phi) is 9.74. The SMILES string of the molecule is N#Cc1ccc(P(=O)(O)C[As]S(=O)(=O)c2cc3cc(OCCN4[C+]=CC=CC4)c(OCCCl)cc3s2)cc1F. The molecule has 1 aliphatic heterocycles. The Bertz CT molecular complexity index is 1620. The zero-order valence-corrected chi connectivity index (χ0v) is 25.4. The zero-order valence-electron chi connectivity index (χ0n) is 20.3. The number of benzene rings is 2. The summed E-state index contributed by atoms with van der Waals surface area (Å²) in [6.07, 6.45) is 8.85. The molecule has 0 bridgehead atoms. The van der Waals surface area contributed by atoms with Gasteiger partial charge in [0.15, 0.2) is 0 Å². The molecule has 3 aromatic rings. The number of hydrogen-bond acceptors (Lipinski definition) is 8. The van der Waals surface area contributed by atoms with Gasteiger partial charge in [0.05, 0.1) is 6.08 Å². The van der Waals surface area contributed by atoms with Gasteiger partial charge in [-0.1, -0.05) is 0 Å². The Morgan fingerprint density at radius 2 is 2.00 bits per heavy atom. The van der Waals surface area contributed by atoms with Crippen LogP contribution in [0.2, 0.25) is 0 Å². The van der Waals surface area contributed by atoms with Gasteiger partial charge in [0.2, 0.25) is 0 Å². The summed E-state index contributed by atoms with van der Waals surface area (Å²) in [5.74, 6) is 0.209. The second kappa shape index (κ2) is 12.8. The van der Waals surface area contributed by atoms with Crippen LogP contribution in [0, 0.1) is 23.3 Å². The minimum atomic E-state index is -4.16. The summed E-state index contributed by atoms with van der Waals surface area (Å²) < 4.78 is 65.5. The molecule has 1 radical (unpaired) electrons. The minimum absolute atomic E-state index is 0.0591. The molecule has 2 heterocycles. The summed E-state index contributed by atoms with van der Waals surface area (Å²) in [5, 5.41) is 9.26. The van der Waals surface area contributed by atoms with Crippen molar-refractivity contribution in [3.63, 3.8) is 0 Å². The molecule has 203 valence electrons. The molecule has 0 spiro atoms. The van der Waals surface area contributed by atoms with Crippen LogP contribution in [0.15, 0.2) is 58.8 Å². The number of ether oxygens (including phenoxy) is 2. The summed E-state index contributed by atoms with van der Waals surface area (Å²) in [7, 11) is -8.01. The summed E-state index contributed by atoms with van der Waals surface area (Å²) in [6.45, 7) is 1.90. The van der Waals surface area contributed by atoms with Gasteiger partial charge in [0, 0.05) is 0 Å². The summed E-state index contributed by atoms with van der Waals surface area (Å²) in [5.41, 5.74) is -0.263. The van der Waals surface area contributed by atoms with Crippen molar-refractivity contribution in [1.82, 2.24) is 4.90 Å². The van der Waals surface area contributed by atoms with Crippen LogP contribution in [0.5, 0.6) is 11.5 Å². The predicted molar refractivity (Wildman–Crippen MR) is 150 cm³/mol. The van der Waals surface area contributed by atoms with Crippen LogP contribution >= 0.6 is 30.3 Å². The van der Waals surface area contributed by atoms with E-state index >= 15 is 0 Å². The Morgan fingerprint density at radius 3 is 2.69 bits per heavy atom. The first-order chi connectivity index (χ1) is 18.6. The van der Waals surface area contributed by atoms with Crippen molar-refractivity contribution in [1.29, 1.82) is 5.26 Å². The number of halogens is 2. The number of alkyl halides is 1. The molecule has 39 heavy (non-hydrogen) atoms. The van der Waals surface area contributed by atoms with Gasteiger partial charge in [-0.05, 0) is 0 Å². The molecular formula is C25H22AsClFN2O6PS2+. The van der Waals surface area contributed by atoms with E-state index in [1.807, 2.05) is 23.1 Å². The zero-order chi connectivity index (χ0) is 28.0. The Balaban J connectivity index is 1.51. The summed E-state index contributed by atoms with van der Waals surface area (Å²) in [6, 6.07) is 9.65. The normalized spacial score (nSPS) is 14.9. The molecular weight excluding hydrogens is 649 g/mol. The number of nitriles is 1. The van der Waals surface area contributed by atoms with Gasteiger partial charge < -0.3 is 0 Å². The van der Waals surface area contributed by atoms with Gasteiger partial charge in [-0.2, -0.15) is 0 Å². The Morgan fingerprint density at radius 1 is 1.23 bits per heavy atom. The first-order valence-electron chi connectivity index (χ1n) is 11.5. The van der Waals surface area contributed by atoms with E-state index in [0.717, 1.165) is 30.0 Å². The van der Waals surface area contributed by atoms with E-state index in [2.05, 4.69) is 6.20 Å². The monoisotopic (exact) mass is 670 g/mol. The standard InChI is InChI=1S/C25H21AsClFN2O6PS2/c27-6-10-35-23-15-24-19(12-22(23)36-11-9-30-7-2-1-3-8-30)13-25(38-24)39(33,34)26-17-37(31,32)20-5-4-18(16-29)21(28)14-20/h1-5,12-15H,6-7,9-11,17H2/p+1. The quantitative estimate of drug-likeness (QED) is 0.133. The van der Waals surface area contributed by atoms with Gasteiger partial charge in [0.1, 0.15) is 0 Å². The number of hydrogen-bond donors (Lipinski definition) is 1. The fourth-order valence-corrected chi connectivity index (χ4v) is 17.0. The first kappa shape index (κ1) is 29.6. The number of fused-ring (bicyclic) bond motifs is 1. The van der Waals surface area contributed by atoms with E-state index in [9.17, 15) is 22.3 Å². The van der Waals surface area contributed by atoms with Crippen molar-refractivity contribution in [3.8, 4) is 17.6 Å². The van der Waals surface area contributed by atoms with Gasteiger partial charge in [0.25, 0.3) is 0 Å². The molecule has 2 aromatic carbocycles. The number of rotatable bonds is 12. The third kappa shape index (κ3) is 7.42. The predicted octanol–water partition coefficient (Wildman–Crippen LogP) is 4.04. The number of allylic oxidation sites excluding steroid dienone is 2. The van der Waals surface area contributed by atoms with E-state index in [1.165, 1.54) is 12.1 Å². The second-order valence-electron chi connectivity index (χ2n) is 8.18. The summed E-state index contributed by atoms with van der Waals surface area (Å²) in [4.78, 5) is 11.9. The fourth-order valence-electron chi connectivity index (χ4n) is 3.51. The van der Waals surface area contributed by atoms with E-state index < -0.39 is 40.8 Å². The first-order valence-corrected chi connectivity index (χ1v) is 19.7. The number of thiophene rings is 1. The van der Waals surface area contributed by atoms with Crippen molar-refractivity contribution in [2.24, 2.45) is 0 Å². The van der Waals surface area contributed by atoms with Crippen LogP contribution < -0.4 is 14.8 Å². The molecule has 0 saturated heterocycles. The molecule has 1 N–H and O–H groups in total. The average molecular weight is 671 g/mol. The molecule has 1 aliphatic rings. The molecule has 0 fully saturated rings.